The Morgan fingerprint density at radius 3 is 2.74 bits per heavy atom. The van der Waals surface area contributed by atoms with E-state index in [1.165, 1.54) is 0 Å². The van der Waals surface area contributed by atoms with Crippen molar-refractivity contribution in [2.24, 2.45) is 7.05 Å². The van der Waals surface area contributed by atoms with Gasteiger partial charge in [0.2, 0.25) is 11.3 Å². The van der Waals surface area contributed by atoms with Crippen LogP contribution in [0.2, 0.25) is 0 Å². The van der Waals surface area contributed by atoms with E-state index in [4.69, 9.17) is 12.6 Å². The van der Waals surface area contributed by atoms with E-state index in [2.05, 4.69) is 4.98 Å². The van der Waals surface area contributed by atoms with Crippen LogP contribution in [0.4, 0.5) is 0 Å². The first-order valence-corrected chi connectivity index (χ1v) is 8.71. The fraction of sp³-hybridized carbons (Fsp3) is 0.167. The second-order valence-electron chi connectivity index (χ2n) is 6.86. The lowest BCUT2D eigenvalue weighted by Gasteiger charge is -2.07. The molecule has 0 N–H and O–H groups in total. The molecule has 0 spiro atoms. The number of aromatic nitrogens is 2. The van der Waals surface area contributed by atoms with Crippen LogP contribution in [0.15, 0.2) is 59.3 Å². The highest BCUT2D eigenvalue weighted by Gasteiger charge is 2.25. The van der Waals surface area contributed by atoms with Crippen molar-refractivity contribution in [3.8, 4) is 11.3 Å². The second-order valence-corrected chi connectivity index (χ2v) is 6.86. The van der Waals surface area contributed by atoms with Gasteiger partial charge in [0.25, 0.3) is 5.69 Å². The summed E-state index contributed by atoms with van der Waals surface area (Å²) in [7, 11) is 1.76. The highest BCUT2D eigenvalue weighted by atomic mass is 16.3. The summed E-state index contributed by atoms with van der Waals surface area (Å²) >= 11 is 0. The Labute approximate surface area is 166 Å². The number of aryl methyl sites for hydroxylation is 4. The summed E-state index contributed by atoms with van der Waals surface area (Å²) in [6.07, 6.45) is 3.32. The molecule has 3 heteroatoms. The zero-order valence-corrected chi connectivity index (χ0v) is 15.0. The number of hydrogen-bond acceptors (Lipinski definition) is 2. The van der Waals surface area contributed by atoms with Gasteiger partial charge in [-0.1, -0.05) is 42.0 Å². The minimum atomic E-state index is -2.37. The number of fused-ring (bicyclic) bond motifs is 5. The van der Waals surface area contributed by atoms with Gasteiger partial charge in [0.15, 0.2) is 6.20 Å². The Bertz CT molecular complexity index is 1560. The van der Waals surface area contributed by atoms with Crippen LogP contribution in [0.3, 0.4) is 0 Å². The fourth-order valence-corrected chi connectivity index (χ4v) is 3.87. The van der Waals surface area contributed by atoms with Crippen LogP contribution < -0.4 is 4.57 Å². The molecule has 2 aromatic carbocycles. The van der Waals surface area contributed by atoms with Crippen molar-refractivity contribution in [2.45, 2.75) is 20.6 Å². The molecular formula is C24H21N2O+. The maximum absolute atomic E-state index is 8.18. The average molecular weight is 359 g/mol. The van der Waals surface area contributed by atoms with Gasteiger partial charge in [-0.3, -0.25) is 0 Å². The molecule has 3 nitrogen and oxygen atoms in total. The Kier molecular flexibility index (Phi) is 2.27. The van der Waals surface area contributed by atoms with Crippen LogP contribution in [-0.2, 0) is 7.05 Å². The van der Waals surface area contributed by atoms with Gasteiger partial charge in [0.1, 0.15) is 7.05 Å². The van der Waals surface area contributed by atoms with Crippen molar-refractivity contribution in [1.29, 1.82) is 0 Å². The molecule has 0 bridgehead atoms. The molecule has 0 fully saturated rings. The zero-order valence-electron chi connectivity index (χ0n) is 21.0. The summed E-state index contributed by atoms with van der Waals surface area (Å²) in [5.41, 5.74) is 3.37. The van der Waals surface area contributed by atoms with Crippen molar-refractivity contribution in [3.05, 3.63) is 71.5 Å². The van der Waals surface area contributed by atoms with Crippen LogP contribution in [0.1, 0.15) is 24.9 Å². The van der Waals surface area contributed by atoms with E-state index in [9.17, 15) is 0 Å². The molecule has 0 unspecified atom stereocenters. The number of hydrogen-bond donors (Lipinski definition) is 0. The minimum absolute atomic E-state index is 0.178. The monoisotopic (exact) mass is 359 g/mol. The van der Waals surface area contributed by atoms with E-state index >= 15 is 0 Å². The predicted molar refractivity (Wildman–Crippen MR) is 110 cm³/mol. The van der Waals surface area contributed by atoms with Gasteiger partial charge < -0.3 is 4.42 Å². The summed E-state index contributed by atoms with van der Waals surface area (Å²) < 4.78 is 55.6. The number of benzene rings is 2. The summed E-state index contributed by atoms with van der Waals surface area (Å²) in [5, 5.41) is 2.91. The largest absolute Gasteiger partial charge is 0.431 e. The van der Waals surface area contributed by atoms with Crippen molar-refractivity contribution in [1.82, 2.24) is 4.98 Å². The summed E-state index contributed by atoms with van der Waals surface area (Å²) in [6.45, 7) is -2.75. The lowest BCUT2D eigenvalue weighted by Crippen LogP contribution is -2.31. The molecule has 0 aliphatic heterocycles. The molecule has 0 saturated carbocycles. The number of pyridine rings is 2. The highest BCUT2D eigenvalue weighted by molar-refractivity contribution is 6.19. The molecule has 132 valence electrons. The quantitative estimate of drug-likeness (QED) is 0.367. The lowest BCUT2D eigenvalue weighted by atomic mass is 9.98. The van der Waals surface area contributed by atoms with Gasteiger partial charge in [-0.25, -0.2) is 4.98 Å². The van der Waals surface area contributed by atoms with E-state index < -0.39 is 13.7 Å². The van der Waals surface area contributed by atoms with E-state index in [-0.39, 0.29) is 11.1 Å². The zero-order chi connectivity index (χ0) is 23.7. The van der Waals surface area contributed by atoms with Crippen molar-refractivity contribution in [2.75, 3.05) is 0 Å². The molecule has 5 rings (SSSR count). The average Bonchev–Trinajstić information content (AvgIpc) is 3.12. The molecule has 0 radical (unpaired) electrons. The Hall–Kier alpha value is -3.20. The first kappa shape index (κ1) is 10.8. The van der Waals surface area contributed by atoms with Crippen LogP contribution >= 0.6 is 0 Å². The molecule has 5 aromatic rings. The number of nitrogens with zero attached hydrogens (tertiary/aromatic N) is 2. The maximum Gasteiger partial charge on any atom is 0.256 e. The third-order valence-corrected chi connectivity index (χ3v) is 5.08. The standard InChI is InChI=1S/C24H21N2O/c1-14-9-10-18(15(2)11-14)22-23-20(16(3)13-26(22)4)21-19-8-6-5-7-17(19)12-25-24(21)27-23/h5-13H,1-4H3/q+1/i1D3,3D3. The summed E-state index contributed by atoms with van der Waals surface area (Å²) in [5.74, 6) is 0. The molecule has 3 aromatic heterocycles. The SMILES string of the molecule is [2H]C([2H])([2H])c1ccc(-c2c3oc4ncc5ccccc5c4c3c(C([2H])([2H])[2H])c[n+]2C)c(C)c1. The Balaban J connectivity index is 1.95. The summed E-state index contributed by atoms with van der Waals surface area (Å²) in [4.78, 5) is 4.47. The predicted octanol–water partition coefficient (Wildman–Crippen LogP) is 5.55. The minimum Gasteiger partial charge on any atom is -0.431 e. The van der Waals surface area contributed by atoms with E-state index in [1.54, 1.807) is 42.2 Å². The van der Waals surface area contributed by atoms with Gasteiger partial charge >= 0.3 is 0 Å². The normalized spacial score (nSPS) is 15.9. The first-order chi connectivity index (χ1) is 15.5. The third-order valence-electron chi connectivity index (χ3n) is 5.08. The maximum atomic E-state index is 8.18. The molecule has 0 saturated heterocycles. The molecular weight excluding hydrogens is 332 g/mol. The fourth-order valence-electron chi connectivity index (χ4n) is 3.87. The van der Waals surface area contributed by atoms with Gasteiger partial charge in [-0.2, -0.15) is 4.57 Å². The van der Waals surface area contributed by atoms with Gasteiger partial charge in [-0.15, -0.1) is 0 Å². The molecule has 3 heterocycles. The molecule has 0 amide bonds. The van der Waals surface area contributed by atoms with E-state index in [0.717, 1.165) is 21.9 Å². The number of rotatable bonds is 1. The van der Waals surface area contributed by atoms with Gasteiger partial charge in [0.05, 0.1) is 10.9 Å². The molecule has 0 aliphatic carbocycles. The number of furan rings is 1. The Morgan fingerprint density at radius 1 is 1.04 bits per heavy atom. The smallest absolute Gasteiger partial charge is 0.256 e. The summed E-state index contributed by atoms with van der Waals surface area (Å²) in [6, 6.07) is 12.6. The van der Waals surface area contributed by atoms with Crippen LogP contribution in [0.25, 0.3) is 44.1 Å². The van der Waals surface area contributed by atoms with Crippen molar-refractivity contribution in [3.63, 3.8) is 0 Å². The molecule has 0 aliphatic rings. The third kappa shape index (κ3) is 2.28. The first-order valence-electron chi connectivity index (χ1n) is 11.7. The molecule has 0 atom stereocenters. The Morgan fingerprint density at radius 2 is 1.93 bits per heavy atom. The van der Waals surface area contributed by atoms with Crippen molar-refractivity contribution < 1.29 is 17.2 Å². The van der Waals surface area contributed by atoms with Crippen LogP contribution in [0.5, 0.6) is 0 Å². The van der Waals surface area contributed by atoms with Gasteiger partial charge in [0, 0.05) is 30.8 Å². The van der Waals surface area contributed by atoms with Gasteiger partial charge in [-0.05, 0) is 37.6 Å². The van der Waals surface area contributed by atoms with Crippen LogP contribution in [-0.4, -0.2) is 4.98 Å². The van der Waals surface area contributed by atoms with Crippen LogP contribution in [0, 0.1) is 20.6 Å². The van der Waals surface area contributed by atoms with E-state index in [0.29, 0.717) is 27.8 Å². The van der Waals surface area contributed by atoms with E-state index in [1.807, 2.05) is 31.2 Å². The molecule has 27 heavy (non-hydrogen) atoms. The topological polar surface area (TPSA) is 29.9 Å². The van der Waals surface area contributed by atoms with Crippen molar-refractivity contribution >= 4 is 32.8 Å². The second kappa shape index (κ2) is 5.65. The highest BCUT2D eigenvalue weighted by Crippen LogP contribution is 2.38. The lowest BCUT2D eigenvalue weighted by molar-refractivity contribution is -0.659.